The van der Waals surface area contributed by atoms with Gasteiger partial charge in [-0.2, -0.15) is 0 Å². The Kier molecular flexibility index (Phi) is 27.8. The fourth-order valence-electron chi connectivity index (χ4n) is 2.96. The van der Waals surface area contributed by atoms with Gasteiger partial charge in [-0.3, -0.25) is 0 Å². The summed E-state index contributed by atoms with van der Waals surface area (Å²) in [5.74, 6) is 0.712. The number of hydrogen-bond donors (Lipinski definition) is 0. The molecule has 0 aromatic rings. The van der Waals surface area contributed by atoms with E-state index in [2.05, 4.69) is 66.0 Å². The van der Waals surface area contributed by atoms with Crippen molar-refractivity contribution >= 4 is 0 Å². The van der Waals surface area contributed by atoms with E-state index in [9.17, 15) is 0 Å². The molecular formula is C27H50. The maximum absolute atomic E-state index is 4.01. The Labute approximate surface area is 173 Å². The Morgan fingerprint density at radius 2 is 1.44 bits per heavy atom. The summed E-state index contributed by atoms with van der Waals surface area (Å²) >= 11 is 0. The number of rotatable bonds is 12. The van der Waals surface area contributed by atoms with Crippen molar-refractivity contribution in [2.75, 3.05) is 0 Å². The van der Waals surface area contributed by atoms with Crippen molar-refractivity contribution < 1.29 is 0 Å². The van der Waals surface area contributed by atoms with E-state index in [4.69, 9.17) is 0 Å². The molecule has 0 aliphatic rings. The zero-order valence-electron chi connectivity index (χ0n) is 20.0. The number of allylic oxidation sites excluding steroid dienone is 8. The Bertz CT molecular complexity index is 409. The Morgan fingerprint density at radius 3 is 1.85 bits per heavy atom. The van der Waals surface area contributed by atoms with Crippen LogP contribution in [-0.4, -0.2) is 0 Å². The van der Waals surface area contributed by atoms with Crippen LogP contribution in [0.5, 0.6) is 0 Å². The summed E-state index contributed by atoms with van der Waals surface area (Å²) in [4.78, 5) is 0. The van der Waals surface area contributed by atoms with Gasteiger partial charge in [0.15, 0.2) is 0 Å². The first kappa shape index (κ1) is 30.4. The molecule has 0 radical (unpaired) electrons. The third kappa shape index (κ3) is 20.9. The van der Waals surface area contributed by atoms with E-state index >= 15 is 0 Å². The first-order chi connectivity index (χ1) is 13.0. The van der Waals surface area contributed by atoms with Crippen LogP contribution in [0.1, 0.15) is 107 Å². The highest BCUT2D eigenvalue weighted by atomic mass is 14.1. The highest BCUT2D eigenvalue weighted by Crippen LogP contribution is 2.21. The molecule has 0 N–H and O–H groups in total. The summed E-state index contributed by atoms with van der Waals surface area (Å²) in [6.07, 6.45) is 20.6. The summed E-state index contributed by atoms with van der Waals surface area (Å²) in [5, 5.41) is 0. The maximum atomic E-state index is 4.01. The topological polar surface area (TPSA) is 0 Å². The van der Waals surface area contributed by atoms with Crippen molar-refractivity contribution in [3.8, 4) is 0 Å². The Balaban J connectivity index is -0.00000104. The van der Waals surface area contributed by atoms with Crippen molar-refractivity contribution in [2.45, 2.75) is 107 Å². The van der Waals surface area contributed by atoms with Crippen molar-refractivity contribution in [3.05, 3.63) is 60.3 Å². The maximum Gasteiger partial charge on any atom is -0.0262 e. The predicted octanol–water partition coefficient (Wildman–Crippen LogP) is 10.0. The lowest BCUT2D eigenvalue weighted by Gasteiger charge is -2.10. The minimum atomic E-state index is 0.712. The van der Waals surface area contributed by atoms with Crippen LogP contribution in [0.2, 0.25) is 0 Å². The molecule has 0 saturated carbocycles. The van der Waals surface area contributed by atoms with E-state index in [1.165, 1.54) is 56.1 Å². The van der Waals surface area contributed by atoms with Crippen LogP contribution in [0, 0.1) is 5.92 Å². The lowest BCUT2D eigenvalue weighted by molar-refractivity contribution is 0.581. The van der Waals surface area contributed by atoms with Gasteiger partial charge in [0.25, 0.3) is 0 Å². The second-order valence-corrected chi connectivity index (χ2v) is 6.87. The largest absolute Gasteiger partial charge is 0.103 e. The van der Waals surface area contributed by atoms with Crippen LogP contribution in [0.4, 0.5) is 0 Å². The average molecular weight is 375 g/mol. The summed E-state index contributed by atoms with van der Waals surface area (Å²) < 4.78 is 0. The minimum absolute atomic E-state index is 0.712. The molecule has 1 unspecified atom stereocenters. The van der Waals surface area contributed by atoms with Crippen molar-refractivity contribution in [3.63, 3.8) is 0 Å². The van der Waals surface area contributed by atoms with Gasteiger partial charge in [0.2, 0.25) is 0 Å². The van der Waals surface area contributed by atoms with Gasteiger partial charge >= 0.3 is 0 Å². The third-order valence-electron chi connectivity index (χ3n) is 4.22. The molecule has 0 bridgehead atoms. The molecule has 0 saturated heterocycles. The number of hydrogen-bond acceptors (Lipinski definition) is 0. The Morgan fingerprint density at radius 1 is 0.926 bits per heavy atom. The van der Waals surface area contributed by atoms with Gasteiger partial charge in [0.1, 0.15) is 0 Å². The molecule has 1 atom stereocenters. The van der Waals surface area contributed by atoms with Crippen LogP contribution < -0.4 is 0 Å². The van der Waals surface area contributed by atoms with Gasteiger partial charge < -0.3 is 0 Å². The Hall–Kier alpha value is -1.30. The van der Waals surface area contributed by atoms with Crippen LogP contribution in [-0.2, 0) is 0 Å². The van der Waals surface area contributed by atoms with E-state index in [1.807, 2.05) is 26.8 Å². The highest BCUT2D eigenvalue weighted by molar-refractivity contribution is 5.31. The molecule has 27 heavy (non-hydrogen) atoms. The van der Waals surface area contributed by atoms with Crippen LogP contribution >= 0.6 is 0 Å². The molecule has 0 spiro atoms. The van der Waals surface area contributed by atoms with E-state index in [0.717, 1.165) is 6.42 Å². The summed E-state index contributed by atoms with van der Waals surface area (Å²) in [6.45, 7) is 24.5. The summed E-state index contributed by atoms with van der Waals surface area (Å²) in [5.41, 5.74) is 4.51. The fraction of sp³-hybridized carbons (Fsp3) is 0.630. The van der Waals surface area contributed by atoms with Crippen LogP contribution in [0.25, 0.3) is 0 Å². The molecule has 0 aromatic heterocycles. The van der Waals surface area contributed by atoms with Crippen LogP contribution in [0.3, 0.4) is 0 Å². The fourth-order valence-corrected chi connectivity index (χ4v) is 2.96. The monoisotopic (exact) mass is 374 g/mol. The molecule has 0 heteroatoms. The van der Waals surface area contributed by atoms with Gasteiger partial charge in [-0.1, -0.05) is 102 Å². The molecule has 0 amide bonds. The first-order valence-corrected chi connectivity index (χ1v) is 11.2. The molecule has 158 valence electrons. The zero-order chi connectivity index (χ0) is 21.5. The van der Waals surface area contributed by atoms with Crippen LogP contribution in [0.15, 0.2) is 60.3 Å². The molecule has 0 nitrogen and oxygen atoms in total. The molecule has 0 aliphatic heterocycles. The van der Waals surface area contributed by atoms with Gasteiger partial charge in [-0.05, 0) is 64.4 Å². The molecule has 0 aromatic carbocycles. The van der Waals surface area contributed by atoms with Crippen molar-refractivity contribution in [2.24, 2.45) is 5.92 Å². The normalized spacial score (nSPS) is 11.6. The average Bonchev–Trinajstić information content (AvgIpc) is 2.66. The van der Waals surface area contributed by atoms with Gasteiger partial charge in [0.05, 0.1) is 0 Å². The van der Waals surface area contributed by atoms with Crippen molar-refractivity contribution in [1.82, 2.24) is 0 Å². The lowest BCUT2D eigenvalue weighted by Crippen LogP contribution is -1.91. The molecular weight excluding hydrogens is 324 g/mol. The molecule has 0 aliphatic carbocycles. The van der Waals surface area contributed by atoms with Gasteiger partial charge in [-0.25, -0.2) is 0 Å². The quantitative estimate of drug-likeness (QED) is 0.181. The second kappa shape index (κ2) is 24.7. The van der Waals surface area contributed by atoms with E-state index in [-0.39, 0.29) is 0 Å². The van der Waals surface area contributed by atoms with E-state index < -0.39 is 0 Å². The highest BCUT2D eigenvalue weighted by Gasteiger charge is 2.02. The standard InChI is InChI=1S/C22H38.C3H6.C2H6/c1-7-13-19(5)16-11-12-17-21(10-4)18-20(6)22(14-8-2)15-9-3;1-3-2;1-2/h7,10,13,18-19H,4,8-9,11-12,14-17H2,1-3,5-6H3;3H,1H2,2H3;1-2H3/b13-7-,21-18-;;. The second-order valence-electron chi connectivity index (χ2n) is 6.87. The smallest absolute Gasteiger partial charge is 0.0262 e. The third-order valence-corrected chi connectivity index (χ3v) is 4.22. The number of unbranched alkanes of at least 4 members (excludes halogenated alkanes) is 1. The van der Waals surface area contributed by atoms with Crippen molar-refractivity contribution in [1.29, 1.82) is 0 Å². The molecule has 0 heterocycles. The van der Waals surface area contributed by atoms with Gasteiger partial charge in [0, 0.05) is 0 Å². The SMILES string of the molecule is C=C/C(=C/C(C)=C(CCC)CCC)CCCCC(C)/C=C\C.C=CC.CC. The molecule has 0 fully saturated rings. The zero-order valence-corrected chi connectivity index (χ0v) is 20.0. The van der Waals surface area contributed by atoms with E-state index in [0.29, 0.717) is 5.92 Å². The van der Waals surface area contributed by atoms with E-state index in [1.54, 1.807) is 11.6 Å². The van der Waals surface area contributed by atoms with Gasteiger partial charge in [-0.15, -0.1) is 6.58 Å². The molecule has 0 rings (SSSR count). The predicted molar refractivity (Wildman–Crippen MR) is 130 cm³/mol. The lowest BCUT2D eigenvalue weighted by atomic mass is 9.96. The summed E-state index contributed by atoms with van der Waals surface area (Å²) in [7, 11) is 0. The first-order valence-electron chi connectivity index (χ1n) is 11.2. The minimum Gasteiger partial charge on any atom is -0.103 e. The summed E-state index contributed by atoms with van der Waals surface area (Å²) in [6, 6.07) is 0.